The summed E-state index contributed by atoms with van der Waals surface area (Å²) in [5.41, 5.74) is 3.91. The molecule has 1 aliphatic heterocycles. The Hall–Kier alpha value is -6.59. The second kappa shape index (κ2) is 18.8. The smallest absolute Gasteiger partial charge is 0.245 e. The SMILES string of the molecule is [C-]#[N+]c1cccc(F)c1Oc1cc([C@H]2CC(=O)N(c3ccc(S(=O)(=O)N(Cc4ccc(OC)cc4)Cc4ccc(OC)cc4)c(NCc4ccc(OC)cc4)c3)C2)ccc1Cl. The van der Waals surface area contributed by atoms with E-state index in [1.165, 1.54) is 28.6 Å². The van der Waals surface area contributed by atoms with E-state index in [9.17, 15) is 17.6 Å². The number of carbonyl (C=O) groups is 1. The molecular formula is C47H42ClFN4O7S. The van der Waals surface area contributed by atoms with Crippen molar-refractivity contribution >= 4 is 44.6 Å². The minimum Gasteiger partial charge on any atom is -0.497 e. The van der Waals surface area contributed by atoms with Gasteiger partial charge in [-0.1, -0.05) is 66.2 Å². The highest BCUT2D eigenvalue weighted by Crippen LogP contribution is 2.41. The van der Waals surface area contributed by atoms with Crippen LogP contribution in [0.25, 0.3) is 4.85 Å². The molecule has 0 saturated carbocycles. The van der Waals surface area contributed by atoms with Crippen molar-refractivity contribution in [2.75, 3.05) is 38.1 Å². The van der Waals surface area contributed by atoms with E-state index in [1.54, 1.807) is 80.8 Å². The predicted octanol–water partition coefficient (Wildman–Crippen LogP) is 10.4. The van der Waals surface area contributed by atoms with Gasteiger partial charge in [-0.05, 0) is 95.1 Å². The van der Waals surface area contributed by atoms with Crippen LogP contribution in [-0.2, 0) is 34.5 Å². The molecule has 0 radical (unpaired) electrons. The Kier molecular flexibility index (Phi) is 13.1. The Morgan fingerprint density at radius 1 is 0.803 bits per heavy atom. The number of ether oxygens (including phenoxy) is 4. The van der Waals surface area contributed by atoms with Crippen LogP contribution < -0.4 is 29.2 Å². The zero-order valence-corrected chi connectivity index (χ0v) is 35.2. The minimum atomic E-state index is -4.21. The summed E-state index contributed by atoms with van der Waals surface area (Å²) in [7, 11) is 0.516. The van der Waals surface area contributed by atoms with Gasteiger partial charge in [-0.25, -0.2) is 17.7 Å². The van der Waals surface area contributed by atoms with Crippen molar-refractivity contribution in [1.82, 2.24) is 4.31 Å². The third kappa shape index (κ3) is 9.74. The number of sulfonamides is 1. The molecule has 1 aliphatic rings. The molecule has 0 spiro atoms. The van der Waals surface area contributed by atoms with Gasteiger partial charge < -0.3 is 29.2 Å². The van der Waals surface area contributed by atoms with E-state index in [2.05, 4.69) is 10.2 Å². The molecule has 6 aromatic rings. The Labute approximate surface area is 359 Å². The van der Waals surface area contributed by atoms with Gasteiger partial charge in [-0.3, -0.25) is 4.79 Å². The van der Waals surface area contributed by atoms with E-state index in [4.69, 9.17) is 37.1 Å². The van der Waals surface area contributed by atoms with Gasteiger partial charge in [0.05, 0.1) is 38.6 Å². The number of rotatable bonds is 16. The summed E-state index contributed by atoms with van der Waals surface area (Å²) >= 11 is 6.47. The number of hydrogen-bond acceptors (Lipinski definition) is 8. The van der Waals surface area contributed by atoms with Crippen molar-refractivity contribution < 1.29 is 36.6 Å². The lowest BCUT2D eigenvalue weighted by atomic mass is 9.98. The third-order valence-corrected chi connectivity index (χ3v) is 12.6. The number of amides is 1. The molecule has 14 heteroatoms. The molecule has 312 valence electrons. The van der Waals surface area contributed by atoms with Crippen LogP contribution in [0.3, 0.4) is 0 Å². The van der Waals surface area contributed by atoms with Crippen molar-refractivity contribution in [2.45, 2.75) is 36.9 Å². The Morgan fingerprint density at radius 2 is 1.39 bits per heavy atom. The fourth-order valence-electron chi connectivity index (χ4n) is 7.05. The lowest BCUT2D eigenvalue weighted by Crippen LogP contribution is -2.31. The maximum absolute atomic E-state index is 15.0. The van der Waals surface area contributed by atoms with Gasteiger partial charge >= 0.3 is 0 Å². The number of nitrogens with one attached hydrogen (secondary N) is 1. The van der Waals surface area contributed by atoms with E-state index < -0.39 is 15.8 Å². The number of anilines is 2. The van der Waals surface area contributed by atoms with Crippen LogP contribution in [-0.4, -0.2) is 46.5 Å². The number of methoxy groups -OCH3 is 3. The van der Waals surface area contributed by atoms with Crippen molar-refractivity contribution in [3.8, 4) is 28.7 Å². The van der Waals surface area contributed by atoms with E-state index in [0.717, 1.165) is 22.3 Å². The van der Waals surface area contributed by atoms with Crippen LogP contribution in [0.2, 0.25) is 5.02 Å². The average molecular weight is 861 g/mol. The number of hydrogen-bond donors (Lipinski definition) is 1. The summed E-state index contributed by atoms with van der Waals surface area (Å²) in [4.78, 5) is 18.8. The monoisotopic (exact) mass is 860 g/mol. The van der Waals surface area contributed by atoms with Crippen molar-refractivity contribution in [2.24, 2.45) is 0 Å². The molecule has 0 aromatic heterocycles. The highest BCUT2D eigenvalue weighted by Gasteiger charge is 2.34. The predicted molar refractivity (Wildman–Crippen MR) is 233 cm³/mol. The fraction of sp³-hybridized carbons (Fsp3) is 0.191. The number of carbonyl (C=O) groups excluding carboxylic acids is 1. The van der Waals surface area contributed by atoms with Gasteiger partial charge in [0.15, 0.2) is 11.6 Å². The Morgan fingerprint density at radius 3 is 1.97 bits per heavy atom. The molecular weight excluding hydrogens is 819 g/mol. The van der Waals surface area contributed by atoms with Crippen LogP contribution >= 0.6 is 11.6 Å². The number of nitrogens with zero attached hydrogens (tertiary/aromatic N) is 3. The molecule has 1 fully saturated rings. The number of halogens is 2. The highest BCUT2D eigenvalue weighted by molar-refractivity contribution is 7.89. The molecule has 7 rings (SSSR count). The summed E-state index contributed by atoms with van der Waals surface area (Å²) in [5, 5.41) is 3.57. The number of para-hydroxylation sites is 1. The zero-order valence-electron chi connectivity index (χ0n) is 33.6. The topological polar surface area (TPSA) is 111 Å². The van der Waals surface area contributed by atoms with E-state index in [-0.39, 0.29) is 71.5 Å². The molecule has 61 heavy (non-hydrogen) atoms. The number of benzene rings is 6. The van der Waals surface area contributed by atoms with Crippen LogP contribution in [0.5, 0.6) is 28.7 Å². The van der Waals surface area contributed by atoms with Gasteiger partial charge in [0.2, 0.25) is 21.6 Å². The lowest BCUT2D eigenvalue weighted by Gasteiger charge is -2.26. The summed E-state index contributed by atoms with van der Waals surface area (Å²) in [6.45, 7) is 8.10. The molecule has 1 amide bonds. The fourth-order valence-corrected chi connectivity index (χ4v) is 8.77. The first-order valence-corrected chi connectivity index (χ1v) is 21.0. The first-order chi connectivity index (χ1) is 29.5. The first kappa shape index (κ1) is 42.5. The Bertz CT molecular complexity index is 2630. The van der Waals surface area contributed by atoms with Gasteiger partial charge in [-0.15, -0.1) is 0 Å². The van der Waals surface area contributed by atoms with Gasteiger partial charge in [0, 0.05) is 44.2 Å². The van der Waals surface area contributed by atoms with Crippen LogP contribution in [0.15, 0.2) is 132 Å². The summed E-state index contributed by atoms with van der Waals surface area (Å²) in [5.74, 6) is 0.698. The van der Waals surface area contributed by atoms with Gasteiger partial charge in [0.1, 0.15) is 27.9 Å². The largest absolute Gasteiger partial charge is 0.497 e. The normalized spacial score (nSPS) is 13.8. The lowest BCUT2D eigenvalue weighted by molar-refractivity contribution is -0.117. The van der Waals surface area contributed by atoms with E-state index in [0.29, 0.717) is 28.6 Å². The summed E-state index contributed by atoms with van der Waals surface area (Å²) < 4.78 is 67.9. The minimum absolute atomic E-state index is 0.00450. The van der Waals surface area contributed by atoms with Crippen LogP contribution in [0.4, 0.5) is 21.5 Å². The quantitative estimate of drug-likeness (QED) is 0.0958. The average Bonchev–Trinajstić information content (AvgIpc) is 3.68. The first-order valence-electron chi connectivity index (χ1n) is 19.2. The van der Waals surface area contributed by atoms with Crippen molar-refractivity contribution in [3.63, 3.8) is 0 Å². The molecule has 0 unspecified atom stereocenters. The second-order valence-corrected chi connectivity index (χ2v) is 16.6. The molecule has 1 N–H and O–H groups in total. The van der Waals surface area contributed by atoms with E-state index in [1.807, 2.05) is 48.5 Å². The third-order valence-electron chi connectivity index (χ3n) is 10.4. The van der Waals surface area contributed by atoms with Gasteiger partial charge in [-0.2, -0.15) is 4.31 Å². The van der Waals surface area contributed by atoms with Crippen LogP contribution in [0.1, 0.15) is 34.6 Å². The molecule has 6 aromatic carbocycles. The second-order valence-electron chi connectivity index (χ2n) is 14.2. The Balaban J connectivity index is 1.22. The molecule has 1 heterocycles. The van der Waals surface area contributed by atoms with Crippen molar-refractivity contribution in [3.05, 3.63) is 172 Å². The molecule has 11 nitrogen and oxygen atoms in total. The summed E-state index contributed by atoms with van der Waals surface area (Å²) in [6.07, 6.45) is 0.139. The molecule has 1 saturated heterocycles. The highest BCUT2D eigenvalue weighted by atomic mass is 35.5. The van der Waals surface area contributed by atoms with Crippen molar-refractivity contribution in [1.29, 1.82) is 0 Å². The molecule has 0 bridgehead atoms. The molecule has 0 aliphatic carbocycles. The zero-order chi connectivity index (χ0) is 43.1. The summed E-state index contributed by atoms with van der Waals surface area (Å²) in [6, 6.07) is 35.9. The molecule has 1 atom stereocenters. The van der Waals surface area contributed by atoms with Gasteiger partial charge in [0.25, 0.3) is 0 Å². The van der Waals surface area contributed by atoms with Crippen LogP contribution in [0, 0.1) is 12.4 Å². The van der Waals surface area contributed by atoms with E-state index >= 15 is 0 Å². The maximum atomic E-state index is 15.0. The standard InChI is InChI=1S/C47H42ClFN4O7S/c1-50-42-7-5-6-41(49)47(42)60-44-24-34(14-22-40(44)48)35-25-46(54)53(30-35)36-15-23-45(43(26-36)51-27-31-8-16-37(57-2)17-9-31)61(55,56)52(28-32-10-18-38(58-3)19-11-32)29-33-12-20-39(59-4)21-13-33/h5-24,26,35,51H,25,27-30H2,2-4H3/t35-/m0/s1. The maximum Gasteiger partial charge on any atom is 0.245 e.